The Bertz CT molecular complexity index is 443. The normalized spacial score (nSPS) is 11.0. The van der Waals surface area contributed by atoms with Crippen molar-refractivity contribution in [2.24, 2.45) is 0 Å². The Morgan fingerprint density at radius 3 is 2.69 bits per heavy atom. The molecule has 1 aromatic carbocycles. The van der Waals surface area contributed by atoms with Crippen LogP contribution in [0.25, 0.3) is 10.1 Å². The van der Waals surface area contributed by atoms with Crippen molar-refractivity contribution in [3.63, 3.8) is 0 Å². The fraction of sp³-hybridized carbons (Fsp3) is 0.273. The molecule has 1 heterocycles. The molecule has 0 atom stereocenters. The van der Waals surface area contributed by atoms with E-state index in [2.05, 4.69) is 24.4 Å². The highest BCUT2D eigenvalue weighted by Gasteiger charge is 2.06. The zero-order valence-electron chi connectivity index (χ0n) is 7.79. The van der Waals surface area contributed by atoms with Crippen LogP contribution in [0.15, 0.2) is 17.5 Å². The molecule has 68 valence electrons. The zero-order valence-corrected chi connectivity index (χ0v) is 8.61. The van der Waals surface area contributed by atoms with Gasteiger partial charge in [0.25, 0.3) is 0 Å². The fourth-order valence-corrected chi connectivity index (χ4v) is 2.72. The van der Waals surface area contributed by atoms with Crippen LogP contribution in [0.2, 0.25) is 0 Å². The van der Waals surface area contributed by atoms with Crippen molar-refractivity contribution < 1.29 is 5.11 Å². The first kappa shape index (κ1) is 8.73. The largest absolute Gasteiger partial charge is 0.392 e. The summed E-state index contributed by atoms with van der Waals surface area (Å²) in [5.41, 5.74) is 3.56. The van der Waals surface area contributed by atoms with E-state index in [-0.39, 0.29) is 6.61 Å². The summed E-state index contributed by atoms with van der Waals surface area (Å²) in [4.78, 5) is 0. The van der Waals surface area contributed by atoms with E-state index in [9.17, 15) is 5.11 Å². The number of rotatable bonds is 1. The molecule has 0 radical (unpaired) electrons. The molecule has 0 fully saturated rings. The van der Waals surface area contributed by atoms with E-state index in [1.165, 1.54) is 21.2 Å². The van der Waals surface area contributed by atoms with Gasteiger partial charge in [-0.15, -0.1) is 11.3 Å². The van der Waals surface area contributed by atoms with Gasteiger partial charge >= 0.3 is 0 Å². The van der Waals surface area contributed by atoms with Crippen LogP contribution < -0.4 is 0 Å². The van der Waals surface area contributed by atoms with Gasteiger partial charge in [0.15, 0.2) is 0 Å². The second kappa shape index (κ2) is 3.13. The Hall–Kier alpha value is -0.860. The van der Waals surface area contributed by atoms with Gasteiger partial charge in [-0.05, 0) is 41.3 Å². The maximum absolute atomic E-state index is 9.23. The standard InChI is InChI=1S/C11H12OS/c1-7-3-4-9-8(2)6-13-11(9)10(7)5-12/h3-4,6,12H,5H2,1-2H3. The summed E-state index contributed by atoms with van der Waals surface area (Å²) >= 11 is 1.72. The van der Waals surface area contributed by atoms with Crippen LogP contribution in [0.1, 0.15) is 16.7 Å². The molecular weight excluding hydrogens is 180 g/mol. The molecule has 0 amide bonds. The van der Waals surface area contributed by atoms with E-state index in [0.29, 0.717) is 0 Å². The molecule has 1 aromatic heterocycles. The summed E-state index contributed by atoms with van der Waals surface area (Å²) in [6, 6.07) is 4.21. The van der Waals surface area contributed by atoms with E-state index in [1.54, 1.807) is 11.3 Å². The number of fused-ring (bicyclic) bond motifs is 1. The number of aliphatic hydroxyl groups excluding tert-OH is 1. The maximum atomic E-state index is 9.23. The Morgan fingerprint density at radius 2 is 2.00 bits per heavy atom. The monoisotopic (exact) mass is 192 g/mol. The van der Waals surface area contributed by atoms with E-state index >= 15 is 0 Å². The Balaban J connectivity index is 2.85. The number of aryl methyl sites for hydroxylation is 2. The van der Waals surface area contributed by atoms with Crippen molar-refractivity contribution in [1.29, 1.82) is 0 Å². The summed E-state index contributed by atoms with van der Waals surface area (Å²) in [5.74, 6) is 0. The predicted octanol–water partition coefficient (Wildman–Crippen LogP) is 3.01. The van der Waals surface area contributed by atoms with E-state index in [4.69, 9.17) is 0 Å². The highest BCUT2D eigenvalue weighted by atomic mass is 32.1. The van der Waals surface area contributed by atoms with Gasteiger partial charge in [-0.2, -0.15) is 0 Å². The fourth-order valence-electron chi connectivity index (χ4n) is 1.58. The van der Waals surface area contributed by atoms with Crippen molar-refractivity contribution in [3.8, 4) is 0 Å². The minimum absolute atomic E-state index is 0.142. The lowest BCUT2D eigenvalue weighted by molar-refractivity contribution is 0.283. The first-order chi connectivity index (χ1) is 6.24. The van der Waals surface area contributed by atoms with Crippen molar-refractivity contribution in [2.45, 2.75) is 20.5 Å². The van der Waals surface area contributed by atoms with Gasteiger partial charge in [0, 0.05) is 4.70 Å². The van der Waals surface area contributed by atoms with Crippen LogP contribution in [0.3, 0.4) is 0 Å². The number of thiophene rings is 1. The quantitative estimate of drug-likeness (QED) is 0.736. The Kier molecular flexibility index (Phi) is 2.10. The average Bonchev–Trinajstić information content (AvgIpc) is 2.48. The molecule has 0 bridgehead atoms. The SMILES string of the molecule is Cc1ccc2c(C)csc2c1CO. The smallest absolute Gasteiger partial charge is 0.0698 e. The second-order valence-electron chi connectivity index (χ2n) is 3.31. The molecule has 0 saturated carbocycles. The van der Waals surface area contributed by atoms with Crippen molar-refractivity contribution in [1.82, 2.24) is 0 Å². The molecule has 0 aliphatic heterocycles. The molecule has 2 aromatic rings. The molecule has 13 heavy (non-hydrogen) atoms. The molecular formula is C11H12OS. The third kappa shape index (κ3) is 1.26. The number of aliphatic hydroxyl groups is 1. The van der Waals surface area contributed by atoms with Gasteiger partial charge in [-0.3, -0.25) is 0 Å². The molecule has 0 aliphatic rings. The zero-order chi connectivity index (χ0) is 9.42. The van der Waals surface area contributed by atoms with Crippen LogP contribution in [0.5, 0.6) is 0 Å². The van der Waals surface area contributed by atoms with Gasteiger partial charge in [-0.25, -0.2) is 0 Å². The molecule has 2 rings (SSSR count). The number of benzene rings is 1. The van der Waals surface area contributed by atoms with Gasteiger partial charge in [0.1, 0.15) is 0 Å². The van der Waals surface area contributed by atoms with Crippen LogP contribution in [0, 0.1) is 13.8 Å². The number of hydrogen-bond acceptors (Lipinski definition) is 2. The minimum atomic E-state index is 0.142. The highest BCUT2D eigenvalue weighted by molar-refractivity contribution is 7.17. The third-order valence-corrected chi connectivity index (χ3v) is 3.60. The number of hydrogen-bond donors (Lipinski definition) is 1. The van der Waals surface area contributed by atoms with Crippen LogP contribution in [-0.2, 0) is 6.61 Å². The molecule has 0 unspecified atom stereocenters. The topological polar surface area (TPSA) is 20.2 Å². The molecule has 2 heteroatoms. The molecule has 1 N–H and O–H groups in total. The maximum Gasteiger partial charge on any atom is 0.0698 e. The van der Waals surface area contributed by atoms with Crippen LogP contribution in [-0.4, -0.2) is 5.11 Å². The molecule has 0 spiro atoms. The molecule has 0 saturated heterocycles. The van der Waals surface area contributed by atoms with Crippen LogP contribution >= 0.6 is 11.3 Å². The Morgan fingerprint density at radius 1 is 1.23 bits per heavy atom. The summed E-state index contributed by atoms with van der Waals surface area (Å²) in [6.07, 6.45) is 0. The van der Waals surface area contributed by atoms with Crippen molar-refractivity contribution >= 4 is 21.4 Å². The third-order valence-electron chi connectivity index (χ3n) is 2.43. The van der Waals surface area contributed by atoms with E-state index in [1.807, 2.05) is 6.92 Å². The van der Waals surface area contributed by atoms with E-state index < -0.39 is 0 Å². The lowest BCUT2D eigenvalue weighted by Gasteiger charge is -2.03. The van der Waals surface area contributed by atoms with E-state index in [0.717, 1.165) is 5.56 Å². The van der Waals surface area contributed by atoms with Gasteiger partial charge in [0.2, 0.25) is 0 Å². The molecule has 1 nitrogen and oxygen atoms in total. The summed E-state index contributed by atoms with van der Waals surface area (Å²) < 4.78 is 1.24. The summed E-state index contributed by atoms with van der Waals surface area (Å²) in [5, 5.41) is 12.7. The van der Waals surface area contributed by atoms with Crippen molar-refractivity contribution in [2.75, 3.05) is 0 Å². The predicted molar refractivity (Wildman–Crippen MR) is 57.2 cm³/mol. The van der Waals surface area contributed by atoms with Crippen molar-refractivity contribution in [3.05, 3.63) is 34.2 Å². The Labute approximate surface area is 81.6 Å². The average molecular weight is 192 g/mol. The molecule has 0 aliphatic carbocycles. The van der Waals surface area contributed by atoms with Crippen LogP contribution in [0.4, 0.5) is 0 Å². The first-order valence-corrected chi connectivity index (χ1v) is 5.19. The summed E-state index contributed by atoms with van der Waals surface area (Å²) in [7, 11) is 0. The lowest BCUT2D eigenvalue weighted by atomic mass is 10.1. The summed E-state index contributed by atoms with van der Waals surface area (Å²) in [6.45, 7) is 4.29. The second-order valence-corrected chi connectivity index (χ2v) is 4.19. The first-order valence-electron chi connectivity index (χ1n) is 4.31. The lowest BCUT2D eigenvalue weighted by Crippen LogP contribution is -1.88. The highest BCUT2D eigenvalue weighted by Crippen LogP contribution is 2.30. The van der Waals surface area contributed by atoms with Gasteiger partial charge in [-0.1, -0.05) is 12.1 Å². The van der Waals surface area contributed by atoms with Gasteiger partial charge in [0.05, 0.1) is 6.61 Å². The van der Waals surface area contributed by atoms with Gasteiger partial charge < -0.3 is 5.11 Å². The minimum Gasteiger partial charge on any atom is -0.392 e.